The van der Waals surface area contributed by atoms with Crippen LogP contribution in [-0.4, -0.2) is 28.3 Å². The molecular formula is C12H20N4O. The van der Waals surface area contributed by atoms with Crippen molar-refractivity contribution in [3.8, 4) is 0 Å². The summed E-state index contributed by atoms with van der Waals surface area (Å²) in [6, 6.07) is 0.343. The average molecular weight is 236 g/mol. The van der Waals surface area contributed by atoms with Crippen LogP contribution in [0, 0.1) is 0 Å². The normalized spacial score (nSPS) is 34.1. The summed E-state index contributed by atoms with van der Waals surface area (Å²) in [5, 5.41) is 10.9. The first-order valence-corrected chi connectivity index (χ1v) is 6.58. The Bertz CT molecular complexity index is 378. The summed E-state index contributed by atoms with van der Waals surface area (Å²) >= 11 is 0. The molecular weight excluding hydrogens is 216 g/mol. The van der Waals surface area contributed by atoms with E-state index in [9.17, 15) is 0 Å². The molecule has 2 aliphatic rings. The van der Waals surface area contributed by atoms with Crippen molar-refractivity contribution >= 4 is 0 Å². The number of hydrogen-bond acceptors (Lipinski definition) is 4. The lowest BCUT2D eigenvalue weighted by Crippen LogP contribution is -2.28. The van der Waals surface area contributed by atoms with Gasteiger partial charge in [-0.2, -0.15) is 5.10 Å². The lowest BCUT2D eigenvalue weighted by Gasteiger charge is -2.21. The number of rotatable bonds is 2. The van der Waals surface area contributed by atoms with Gasteiger partial charge in [-0.3, -0.25) is 5.10 Å². The molecule has 2 unspecified atom stereocenters. The molecule has 0 aliphatic carbocycles. The highest BCUT2D eigenvalue weighted by molar-refractivity contribution is 5.06. The molecule has 2 fully saturated rings. The number of piperidine rings is 1. The number of nitrogens with zero attached hydrogens (tertiary/aromatic N) is 2. The Morgan fingerprint density at radius 3 is 3.00 bits per heavy atom. The van der Waals surface area contributed by atoms with E-state index < -0.39 is 0 Å². The molecule has 5 heteroatoms. The highest BCUT2D eigenvalue weighted by atomic mass is 16.5. The first kappa shape index (κ1) is 11.2. The van der Waals surface area contributed by atoms with E-state index in [1.807, 2.05) is 0 Å². The van der Waals surface area contributed by atoms with Crippen LogP contribution in [0.3, 0.4) is 0 Å². The standard InChI is InChI=1S/C12H20N4O/c1-12(6-4-8-17-12)11-14-10(15-16-11)9-5-2-3-7-13-9/h9,13H,2-8H2,1H3,(H,14,15,16). The molecule has 0 aromatic carbocycles. The van der Waals surface area contributed by atoms with Crippen LogP contribution >= 0.6 is 0 Å². The van der Waals surface area contributed by atoms with Crippen molar-refractivity contribution in [1.82, 2.24) is 20.5 Å². The number of H-pyrrole nitrogens is 1. The largest absolute Gasteiger partial charge is 0.367 e. The summed E-state index contributed by atoms with van der Waals surface area (Å²) in [6.45, 7) is 3.98. The second kappa shape index (κ2) is 4.38. The molecule has 3 rings (SSSR count). The summed E-state index contributed by atoms with van der Waals surface area (Å²) in [7, 11) is 0. The second-order valence-electron chi connectivity index (χ2n) is 5.23. The lowest BCUT2D eigenvalue weighted by atomic mass is 10.0. The number of aromatic nitrogens is 3. The average Bonchev–Trinajstić information content (AvgIpc) is 2.99. The van der Waals surface area contributed by atoms with Gasteiger partial charge in [-0.1, -0.05) is 6.42 Å². The van der Waals surface area contributed by atoms with E-state index in [2.05, 4.69) is 27.4 Å². The number of nitrogens with one attached hydrogen (secondary N) is 2. The first-order valence-electron chi connectivity index (χ1n) is 6.58. The van der Waals surface area contributed by atoms with Crippen molar-refractivity contribution in [2.45, 2.75) is 50.7 Å². The van der Waals surface area contributed by atoms with Gasteiger partial charge in [-0.05, 0) is 39.2 Å². The Balaban J connectivity index is 1.77. The topological polar surface area (TPSA) is 62.8 Å². The third-order valence-corrected chi connectivity index (χ3v) is 3.83. The van der Waals surface area contributed by atoms with Gasteiger partial charge in [0.2, 0.25) is 0 Å². The van der Waals surface area contributed by atoms with Gasteiger partial charge < -0.3 is 10.1 Å². The molecule has 0 amide bonds. The highest BCUT2D eigenvalue weighted by Crippen LogP contribution is 2.33. The molecule has 2 atom stereocenters. The minimum absolute atomic E-state index is 0.274. The molecule has 94 valence electrons. The summed E-state index contributed by atoms with van der Waals surface area (Å²) in [6.07, 6.45) is 5.79. The zero-order valence-electron chi connectivity index (χ0n) is 10.3. The van der Waals surface area contributed by atoms with E-state index >= 15 is 0 Å². The van der Waals surface area contributed by atoms with Crippen molar-refractivity contribution in [2.24, 2.45) is 0 Å². The van der Waals surface area contributed by atoms with Crippen molar-refractivity contribution < 1.29 is 4.74 Å². The van der Waals surface area contributed by atoms with E-state index in [1.165, 1.54) is 12.8 Å². The number of hydrogen-bond donors (Lipinski definition) is 2. The molecule has 0 spiro atoms. The first-order chi connectivity index (χ1) is 8.28. The SMILES string of the molecule is CC1(c2n[nH]c(C3CCCCN3)n2)CCCO1. The van der Waals surface area contributed by atoms with Gasteiger partial charge in [-0.25, -0.2) is 4.98 Å². The predicted octanol–water partition coefficient (Wildman–Crippen LogP) is 1.64. The van der Waals surface area contributed by atoms with Gasteiger partial charge in [0, 0.05) is 6.61 Å². The quantitative estimate of drug-likeness (QED) is 0.819. The van der Waals surface area contributed by atoms with E-state index in [0.29, 0.717) is 6.04 Å². The van der Waals surface area contributed by atoms with Crippen molar-refractivity contribution in [1.29, 1.82) is 0 Å². The van der Waals surface area contributed by atoms with Gasteiger partial charge in [-0.15, -0.1) is 0 Å². The molecule has 1 aromatic rings. The Morgan fingerprint density at radius 1 is 1.35 bits per heavy atom. The van der Waals surface area contributed by atoms with E-state index in [1.54, 1.807) is 0 Å². The Kier molecular flexibility index (Phi) is 2.88. The fourth-order valence-electron chi connectivity index (χ4n) is 2.71. The molecule has 1 aromatic heterocycles. The van der Waals surface area contributed by atoms with Crippen LogP contribution in [0.4, 0.5) is 0 Å². The molecule has 2 aliphatic heterocycles. The molecule has 17 heavy (non-hydrogen) atoms. The third-order valence-electron chi connectivity index (χ3n) is 3.83. The summed E-state index contributed by atoms with van der Waals surface area (Å²) in [5.41, 5.74) is -0.274. The number of ether oxygens (including phenoxy) is 1. The molecule has 3 heterocycles. The molecule has 5 nitrogen and oxygen atoms in total. The van der Waals surface area contributed by atoms with Crippen molar-refractivity contribution in [3.05, 3.63) is 11.6 Å². The summed E-state index contributed by atoms with van der Waals surface area (Å²) in [4.78, 5) is 4.63. The van der Waals surface area contributed by atoms with Crippen LogP contribution in [0.5, 0.6) is 0 Å². The summed E-state index contributed by atoms with van der Waals surface area (Å²) in [5.74, 6) is 1.79. The van der Waals surface area contributed by atoms with Crippen LogP contribution in [0.15, 0.2) is 0 Å². The molecule has 0 radical (unpaired) electrons. The van der Waals surface area contributed by atoms with Gasteiger partial charge in [0.15, 0.2) is 5.82 Å². The third kappa shape index (κ3) is 2.09. The number of aromatic amines is 1. The van der Waals surface area contributed by atoms with E-state index in [0.717, 1.165) is 44.1 Å². The van der Waals surface area contributed by atoms with Crippen LogP contribution in [0.2, 0.25) is 0 Å². The Labute approximate surface area is 101 Å². The molecule has 0 saturated carbocycles. The van der Waals surface area contributed by atoms with Crippen molar-refractivity contribution in [2.75, 3.05) is 13.2 Å². The zero-order valence-corrected chi connectivity index (χ0v) is 10.3. The maximum atomic E-state index is 5.76. The lowest BCUT2D eigenvalue weighted by molar-refractivity contribution is 0.00955. The van der Waals surface area contributed by atoms with Gasteiger partial charge >= 0.3 is 0 Å². The van der Waals surface area contributed by atoms with Crippen LogP contribution in [0.1, 0.15) is 56.7 Å². The smallest absolute Gasteiger partial charge is 0.182 e. The van der Waals surface area contributed by atoms with Gasteiger partial charge in [0.1, 0.15) is 11.4 Å². The monoisotopic (exact) mass is 236 g/mol. The maximum absolute atomic E-state index is 5.76. The fraction of sp³-hybridized carbons (Fsp3) is 0.833. The molecule has 2 saturated heterocycles. The molecule has 2 N–H and O–H groups in total. The fourth-order valence-corrected chi connectivity index (χ4v) is 2.71. The van der Waals surface area contributed by atoms with Crippen LogP contribution in [-0.2, 0) is 10.3 Å². The van der Waals surface area contributed by atoms with E-state index in [-0.39, 0.29) is 5.60 Å². The Hall–Kier alpha value is -0.940. The minimum atomic E-state index is -0.274. The van der Waals surface area contributed by atoms with Crippen molar-refractivity contribution in [3.63, 3.8) is 0 Å². The van der Waals surface area contributed by atoms with Gasteiger partial charge in [0.25, 0.3) is 0 Å². The van der Waals surface area contributed by atoms with Crippen LogP contribution in [0.25, 0.3) is 0 Å². The Morgan fingerprint density at radius 2 is 2.29 bits per heavy atom. The highest BCUT2D eigenvalue weighted by Gasteiger charge is 2.36. The maximum Gasteiger partial charge on any atom is 0.182 e. The van der Waals surface area contributed by atoms with E-state index in [4.69, 9.17) is 4.74 Å². The summed E-state index contributed by atoms with van der Waals surface area (Å²) < 4.78 is 5.76. The molecule has 0 bridgehead atoms. The predicted molar refractivity (Wildman–Crippen MR) is 63.5 cm³/mol. The zero-order chi connectivity index (χ0) is 11.7. The van der Waals surface area contributed by atoms with Crippen LogP contribution < -0.4 is 5.32 Å². The minimum Gasteiger partial charge on any atom is -0.367 e. The van der Waals surface area contributed by atoms with Gasteiger partial charge in [0.05, 0.1) is 6.04 Å². The second-order valence-corrected chi connectivity index (χ2v) is 5.23.